The van der Waals surface area contributed by atoms with Crippen molar-refractivity contribution in [2.45, 2.75) is 6.10 Å². The van der Waals surface area contributed by atoms with Gasteiger partial charge in [-0.05, 0) is 0 Å². The SMILES string of the molecule is C=CCOCC=C.O=S(=O)(O)OCC(O)CO. The molecule has 1 atom stereocenters. The van der Waals surface area contributed by atoms with Crippen LogP contribution in [0.2, 0.25) is 0 Å². The molecule has 0 fully saturated rings. The number of hydrogen-bond donors (Lipinski definition) is 3. The second-order valence-electron chi connectivity index (χ2n) is 2.66. The van der Waals surface area contributed by atoms with E-state index in [2.05, 4.69) is 17.3 Å². The van der Waals surface area contributed by atoms with Crippen LogP contribution in [0.1, 0.15) is 0 Å². The lowest BCUT2D eigenvalue weighted by atomic mass is 10.4. The van der Waals surface area contributed by atoms with Crippen LogP contribution in [0.4, 0.5) is 0 Å². The monoisotopic (exact) mass is 270 g/mol. The fraction of sp³-hybridized carbons (Fsp3) is 0.556. The summed E-state index contributed by atoms with van der Waals surface area (Å²) in [5.74, 6) is 0. The summed E-state index contributed by atoms with van der Waals surface area (Å²) in [5.41, 5.74) is 0. The number of rotatable bonds is 8. The molecule has 0 aliphatic carbocycles. The van der Waals surface area contributed by atoms with Gasteiger partial charge in [-0.25, -0.2) is 4.18 Å². The van der Waals surface area contributed by atoms with E-state index in [9.17, 15) is 8.42 Å². The molecule has 0 aliphatic heterocycles. The Balaban J connectivity index is 0. The molecule has 0 radical (unpaired) electrons. The van der Waals surface area contributed by atoms with Crippen LogP contribution in [0, 0.1) is 0 Å². The minimum atomic E-state index is -4.50. The average molecular weight is 270 g/mol. The summed E-state index contributed by atoms with van der Waals surface area (Å²) in [5, 5.41) is 16.6. The zero-order valence-electron chi connectivity index (χ0n) is 9.36. The second kappa shape index (κ2) is 11.7. The van der Waals surface area contributed by atoms with Gasteiger partial charge in [0.2, 0.25) is 0 Å². The third-order valence-corrected chi connectivity index (χ3v) is 1.53. The van der Waals surface area contributed by atoms with Crippen molar-refractivity contribution in [1.82, 2.24) is 0 Å². The maximum atomic E-state index is 9.79. The lowest BCUT2D eigenvalue weighted by molar-refractivity contribution is 0.0517. The molecule has 0 amide bonds. The van der Waals surface area contributed by atoms with Crippen molar-refractivity contribution in [2.24, 2.45) is 0 Å². The van der Waals surface area contributed by atoms with Gasteiger partial charge in [0, 0.05) is 0 Å². The Hall–Kier alpha value is -0.770. The Labute approximate surface area is 101 Å². The third kappa shape index (κ3) is 21.1. The summed E-state index contributed by atoms with van der Waals surface area (Å²) in [6.07, 6.45) is 2.13. The van der Waals surface area contributed by atoms with E-state index in [1.807, 2.05) is 0 Å². The highest BCUT2D eigenvalue weighted by molar-refractivity contribution is 7.80. The van der Waals surface area contributed by atoms with Crippen LogP contribution in [0.3, 0.4) is 0 Å². The standard InChI is InChI=1S/C6H10O.C3H8O6S/c1-3-5-7-6-4-2;4-1-3(5)2-9-10(6,7)8/h3-4H,1-2,5-6H2;3-5H,1-2H2,(H,6,7,8). The van der Waals surface area contributed by atoms with Gasteiger partial charge >= 0.3 is 10.4 Å². The first-order valence-electron chi connectivity index (χ1n) is 4.57. The number of aliphatic hydroxyl groups excluding tert-OH is 2. The van der Waals surface area contributed by atoms with E-state index in [0.29, 0.717) is 13.2 Å². The van der Waals surface area contributed by atoms with Crippen LogP contribution in [-0.2, 0) is 19.3 Å². The molecule has 0 heterocycles. The summed E-state index contributed by atoms with van der Waals surface area (Å²) in [4.78, 5) is 0. The Kier molecular flexibility index (Phi) is 12.8. The van der Waals surface area contributed by atoms with Gasteiger partial charge in [-0.15, -0.1) is 13.2 Å². The maximum absolute atomic E-state index is 9.79. The van der Waals surface area contributed by atoms with Gasteiger partial charge in [-0.3, -0.25) is 4.55 Å². The Morgan fingerprint density at radius 3 is 2.00 bits per heavy atom. The van der Waals surface area contributed by atoms with E-state index < -0.39 is 29.7 Å². The molecule has 0 aromatic rings. The molecule has 17 heavy (non-hydrogen) atoms. The van der Waals surface area contributed by atoms with E-state index in [-0.39, 0.29) is 0 Å². The van der Waals surface area contributed by atoms with Crippen LogP contribution >= 0.6 is 0 Å². The van der Waals surface area contributed by atoms with E-state index in [1.165, 1.54) is 0 Å². The van der Waals surface area contributed by atoms with Gasteiger partial charge in [0.25, 0.3) is 0 Å². The summed E-state index contributed by atoms with van der Waals surface area (Å²) in [6, 6.07) is 0. The molecular formula is C9H18O7S. The van der Waals surface area contributed by atoms with Crippen molar-refractivity contribution < 1.29 is 32.1 Å². The Morgan fingerprint density at radius 2 is 1.71 bits per heavy atom. The van der Waals surface area contributed by atoms with Gasteiger partial charge in [-0.1, -0.05) is 12.2 Å². The summed E-state index contributed by atoms with van der Waals surface area (Å²) >= 11 is 0. The second-order valence-corrected chi connectivity index (χ2v) is 3.75. The Bertz CT molecular complexity index is 278. The van der Waals surface area contributed by atoms with Crippen LogP contribution < -0.4 is 0 Å². The van der Waals surface area contributed by atoms with Crippen molar-refractivity contribution in [3.63, 3.8) is 0 Å². The molecular weight excluding hydrogens is 252 g/mol. The fourth-order valence-electron chi connectivity index (χ4n) is 0.452. The molecule has 102 valence electrons. The quantitative estimate of drug-likeness (QED) is 0.310. The van der Waals surface area contributed by atoms with Gasteiger partial charge < -0.3 is 14.9 Å². The Morgan fingerprint density at radius 1 is 1.24 bits per heavy atom. The fourth-order valence-corrected chi connectivity index (χ4v) is 0.781. The molecule has 0 aromatic heterocycles. The first kappa shape index (κ1) is 18.6. The van der Waals surface area contributed by atoms with Crippen molar-refractivity contribution in [1.29, 1.82) is 0 Å². The van der Waals surface area contributed by atoms with Crippen molar-refractivity contribution in [2.75, 3.05) is 26.4 Å². The van der Waals surface area contributed by atoms with E-state index in [1.54, 1.807) is 12.2 Å². The van der Waals surface area contributed by atoms with Gasteiger partial charge in [-0.2, -0.15) is 8.42 Å². The zero-order chi connectivity index (χ0) is 13.7. The van der Waals surface area contributed by atoms with Crippen molar-refractivity contribution in [3.05, 3.63) is 25.3 Å². The molecule has 0 bridgehead atoms. The zero-order valence-corrected chi connectivity index (χ0v) is 10.2. The molecule has 0 spiro atoms. The van der Waals surface area contributed by atoms with Crippen molar-refractivity contribution >= 4 is 10.4 Å². The van der Waals surface area contributed by atoms with Crippen LogP contribution in [-0.4, -0.2) is 55.7 Å². The lowest BCUT2D eigenvalue weighted by Crippen LogP contribution is -2.21. The highest BCUT2D eigenvalue weighted by Crippen LogP contribution is 1.89. The summed E-state index contributed by atoms with van der Waals surface area (Å²) in [7, 11) is -4.50. The number of hydrogen-bond acceptors (Lipinski definition) is 6. The normalized spacial score (nSPS) is 12.2. The number of ether oxygens (including phenoxy) is 1. The smallest absolute Gasteiger partial charge is 0.394 e. The summed E-state index contributed by atoms with van der Waals surface area (Å²) < 4.78 is 36.1. The number of aliphatic hydroxyl groups is 2. The van der Waals surface area contributed by atoms with E-state index in [4.69, 9.17) is 19.5 Å². The van der Waals surface area contributed by atoms with Gasteiger partial charge in [0.05, 0.1) is 26.4 Å². The highest BCUT2D eigenvalue weighted by atomic mass is 32.3. The van der Waals surface area contributed by atoms with Crippen LogP contribution in [0.15, 0.2) is 25.3 Å². The predicted octanol–water partition coefficient (Wildman–Crippen LogP) is -0.466. The first-order valence-corrected chi connectivity index (χ1v) is 5.94. The van der Waals surface area contributed by atoms with E-state index >= 15 is 0 Å². The van der Waals surface area contributed by atoms with Crippen LogP contribution in [0.25, 0.3) is 0 Å². The molecule has 0 saturated heterocycles. The molecule has 0 rings (SSSR count). The van der Waals surface area contributed by atoms with Crippen molar-refractivity contribution in [3.8, 4) is 0 Å². The minimum absolute atomic E-state index is 0.616. The molecule has 1 unspecified atom stereocenters. The highest BCUT2D eigenvalue weighted by Gasteiger charge is 2.08. The molecule has 0 aliphatic rings. The minimum Gasteiger partial charge on any atom is -0.394 e. The summed E-state index contributed by atoms with van der Waals surface area (Å²) in [6.45, 7) is 6.92. The van der Waals surface area contributed by atoms with Gasteiger partial charge in [0.15, 0.2) is 0 Å². The largest absolute Gasteiger partial charge is 0.397 e. The lowest BCUT2D eigenvalue weighted by Gasteiger charge is -2.03. The third-order valence-electron chi connectivity index (χ3n) is 1.09. The average Bonchev–Trinajstić information content (AvgIpc) is 2.26. The molecule has 0 aromatic carbocycles. The molecule has 8 heteroatoms. The predicted molar refractivity (Wildman–Crippen MR) is 61.8 cm³/mol. The van der Waals surface area contributed by atoms with Crippen LogP contribution in [0.5, 0.6) is 0 Å². The molecule has 0 saturated carbocycles. The molecule has 7 nitrogen and oxygen atoms in total. The molecule has 3 N–H and O–H groups in total. The van der Waals surface area contributed by atoms with E-state index in [0.717, 1.165) is 0 Å². The topological polar surface area (TPSA) is 113 Å². The first-order chi connectivity index (χ1) is 7.87. The maximum Gasteiger partial charge on any atom is 0.397 e. The van der Waals surface area contributed by atoms with Gasteiger partial charge in [0.1, 0.15) is 6.10 Å².